The first-order valence-corrected chi connectivity index (χ1v) is 9.24. The molecule has 0 bridgehead atoms. The van der Waals surface area contributed by atoms with Gasteiger partial charge in [-0.3, -0.25) is 0 Å². The van der Waals surface area contributed by atoms with Crippen LogP contribution >= 0.6 is 0 Å². The molecule has 136 valence electrons. The fraction of sp³-hybridized carbons (Fsp3) is 0.800. The Morgan fingerprint density at radius 2 is 0.957 bits per heavy atom. The van der Waals surface area contributed by atoms with Crippen LogP contribution in [0.3, 0.4) is 0 Å². The highest BCUT2D eigenvalue weighted by atomic mass is 16.5. The summed E-state index contributed by atoms with van der Waals surface area (Å²) in [6.07, 6.45) is 11.9. The second-order valence-electron chi connectivity index (χ2n) is 7.11. The third kappa shape index (κ3) is 17.4. The van der Waals surface area contributed by atoms with Crippen molar-refractivity contribution in [1.29, 1.82) is 0 Å². The monoisotopic (exact) mass is 324 g/mol. The van der Waals surface area contributed by atoms with Gasteiger partial charge in [0.2, 0.25) is 0 Å². The SMILES string of the molecule is C=C(CCCCCCN(C)C)OC(=C)CCCCCCN(C)C. The summed E-state index contributed by atoms with van der Waals surface area (Å²) < 4.78 is 5.73. The molecule has 0 unspecified atom stereocenters. The predicted molar refractivity (Wildman–Crippen MR) is 103 cm³/mol. The maximum Gasteiger partial charge on any atom is 0.0964 e. The van der Waals surface area contributed by atoms with Gasteiger partial charge in [-0.25, -0.2) is 0 Å². The summed E-state index contributed by atoms with van der Waals surface area (Å²) in [5.74, 6) is 1.77. The van der Waals surface area contributed by atoms with Crippen LogP contribution in [0.1, 0.15) is 64.2 Å². The normalized spacial score (nSPS) is 11.2. The lowest BCUT2D eigenvalue weighted by molar-refractivity contribution is 0.273. The van der Waals surface area contributed by atoms with Crippen molar-refractivity contribution < 1.29 is 4.74 Å². The standard InChI is InChI=1S/C20H40N2O/c1-19(15-11-7-9-13-17-21(3)4)23-20(2)16-12-8-10-14-18-22(5)6/h1-2,7-18H2,3-6H3. The summed E-state index contributed by atoms with van der Waals surface area (Å²) in [6, 6.07) is 0. The molecule has 0 saturated carbocycles. The molecule has 0 fully saturated rings. The van der Waals surface area contributed by atoms with Crippen molar-refractivity contribution in [1.82, 2.24) is 9.80 Å². The van der Waals surface area contributed by atoms with E-state index in [2.05, 4.69) is 51.1 Å². The molecule has 0 saturated heterocycles. The van der Waals surface area contributed by atoms with E-state index in [1.165, 1.54) is 64.5 Å². The van der Waals surface area contributed by atoms with Crippen molar-refractivity contribution in [3.8, 4) is 0 Å². The summed E-state index contributed by atoms with van der Waals surface area (Å²) in [6.45, 7) is 10.4. The fourth-order valence-electron chi connectivity index (χ4n) is 2.51. The quantitative estimate of drug-likeness (QED) is 0.292. The van der Waals surface area contributed by atoms with E-state index in [9.17, 15) is 0 Å². The highest BCUT2D eigenvalue weighted by Crippen LogP contribution is 2.17. The first kappa shape index (κ1) is 22.2. The molecule has 0 N–H and O–H groups in total. The van der Waals surface area contributed by atoms with Crippen molar-refractivity contribution in [2.45, 2.75) is 64.2 Å². The van der Waals surface area contributed by atoms with Gasteiger partial charge >= 0.3 is 0 Å². The molecule has 0 heterocycles. The Kier molecular flexibility index (Phi) is 14.3. The van der Waals surface area contributed by atoms with Crippen molar-refractivity contribution in [2.75, 3.05) is 41.3 Å². The maximum absolute atomic E-state index is 5.73. The van der Waals surface area contributed by atoms with E-state index in [4.69, 9.17) is 4.74 Å². The van der Waals surface area contributed by atoms with Gasteiger partial charge in [-0.1, -0.05) is 38.8 Å². The number of nitrogens with zero attached hydrogens (tertiary/aromatic N) is 2. The molecule has 0 aromatic heterocycles. The molecule has 0 aliphatic carbocycles. The Morgan fingerprint density at radius 3 is 1.30 bits per heavy atom. The third-order valence-electron chi connectivity index (χ3n) is 3.91. The van der Waals surface area contributed by atoms with Gasteiger partial charge in [0.25, 0.3) is 0 Å². The number of ether oxygens (including phenoxy) is 1. The van der Waals surface area contributed by atoms with Gasteiger partial charge in [0, 0.05) is 12.8 Å². The molecule has 0 aliphatic heterocycles. The van der Waals surface area contributed by atoms with Crippen LogP contribution < -0.4 is 0 Å². The van der Waals surface area contributed by atoms with Gasteiger partial charge < -0.3 is 14.5 Å². The van der Waals surface area contributed by atoms with Crippen LogP contribution in [-0.2, 0) is 4.74 Å². The van der Waals surface area contributed by atoms with E-state index in [1.807, 2.05) is 0 Å². The van der Waals surface area contributed by atoms with E-state index < -0.39 is 0 Å². The Hall–Kier alpha value is -0.800. The minimum absolute atomic E-state index is 0.884. The van der Waals surface area contributed by atoms with Crippen LogP contribution in [0.5, 0.6) is 0 Å². The topological polar surface area (TPSA) is 15.7 Å². The Morgan fingerprint density at radius 1 is 0.609 bits per heavy atom. The number of unbranched alkanes of at least 4 members (excludes halogenated alkanes) is 6. The molecule has 0 atom stereocenters. The number of hydrogen-bond acceptors (Lipinski definition) is 3. The average Bonchev–Trinajstić information content (AvgIpc) is 2.45. The Balaban J connectivity index is 3.43. The summed E-state index contributed by atoms with van der Waals surface area (Å²) in [4.78, 5) is 4.49. The summed E-state index contributed by atoms with van der Waals surface area (Å²) >= 11 is 0. The van der Waals surface area contributed by atoms with E-state index in [0.717, 1.165) is 24.4 Å². The molecule has 0 radical (unpaired) electrons. The largest absolute Gasteiger partial charge is 0.467 e. The molecule has 23 heavy (non-hydrogen) atoms. The van der Waals surface area contributed by atoms with Crippen LogP contribution in [-0.4, -0.2) is 51.1 Å². The van der Waals surface area contributed by atoms with E-state index in [-0.39, 0.29) is 0 Å². The number of allylic oxidation sites excluding steroid dienone is 2. The lowest BCUT2D eigenvalue weighted by Crippen LogP contribution is -2.12. The molecular formula is C20H40N2O. The van der Waals surface area contributed by atoms with Crippen molar-refractivity contribution >= 4 is 0 Å². The highest BCUT2D eigenvalue weighted by Gasteiger charge is 2.01. The minimum Gasteiger partial charge on any atom is -0.467 e. The molecule has 0 aliphatic rings. The van der Waals surface area contributed by atoms with Crippen LogP contribution in [0, 0.1) is 0 Å². The van der Waals surface area contributed by atoms with Crippen LogP contribution in [0.4, 0.5) is 0 Å². The zero-order valence-corrected chi connectivity index (χ0v) is 16.2. The van der Waals surface area contributed by atoms with Crippen molar-refractivity contribution in [3.63, 3.8) is 0 Å². The van der Waals surface area contributed by atoms with Crippen molar-refractivity contribution in [3.05, 3.63) is 24.7 Å². The predicted octanol–water partition coefficient (Wildman–Crippen LogP) is 5.05. The first-order chi connectivity index (χ1) is 10.9. The first-order valence-electron chi connectivity index (χ1n) is 9.24. The second kappa shape index (κ2) is 14.8. The molecular weight excluding hydrogens is 284 g/mol. The number of rotatable bonds is 16. The number of hydrogen-bond donors (Lipinski definition) is 0. The van der Waals surface area contributed by atoms with Gasteiger partial charge in [0.15, 0.2) is 0 Å². The Bertz CT molecular complexity index is 281. The molecule has 0 aromatic rings. The zero-order chi connectivity index (χ0) is 17.5. The Labute approximate surface area is 145 Å². The maximum atomic E-state index is 5.73. The van der Waals surface area contributed by atoms with Gasteiger partial charge in [0.1, 0.15) is 0 Å². The smallest absolute Gasteiger partial charge is 0.0964 e. The van der Waals surface area contributed by atoms with Crippen LogP contribution in [0.2, 0.25) is 0 Å². The third-order valence-corrected chi connectivity index (χ3v) is 3.91. The van der Waals surface area contributed by atoms with Crippen LogP contribution in [0.15, 0.2) is 24.7 Å². The van der Waals surface area contributed by atoms with E-state index in [1.54, 1.807) is 0 Å². The summed E-state index contributed by atoms with van der Waals surface area (Å²) in [5.41, 5.74) is 0. The van der Waals surface area contributed by atoms with Crippen molar-refractivity contribution in [2.24, 2.45) is 0 Å². The average molecular weight is 325 g/mol. The molecule has 3 nitrogen and oxygen atoms in total. The highest BCUT2D eigenvalue weighted by molar-refractivity contribution is 4.93. The molecule has 0 rings (SSSR count). The molecule has 0 aromatic carbocycles. The van der Waals surface area contributed by atoms with Gasteiger partial charge in [-0.15, -0.1) is 0 Å². The lowest BCUT2D eigenvalue weighted by atomic mass is 10.1. The van der Waals surface area contributed by atoms with E-state index >= 15 is 0 Å². The second-order valence-corrected chi connectivity index (χ2v) is 7.11. The minimum atomic E-state index is 0.884. The zero-order valence-electron chi connectivity index (χ0n) is 16.2. The summed E-state index contributed by atoms with van der Waals surface area (Å²) in [7, 11) is 8.51. The molecule has 3 heteroatoms. The fourth-order valence-corrected chi connectivity index (χ4v) is 2.51. The van der Waals surface area contributed by atoms with Gasteiger partial charge in [-0.2, -0.15) is 0 Å². The molecule has 0 amide bonds. The van der Waals surface area contributed by atoms with Crippen LogP contribution in [0.25, 0.3) is 0 Å². The summed E-state index contributed by atoms with van der Waals surface area (Å²) in [5, 5.41) is 0. The van der Waals surface area contributed by atoms with E-state index in [0.29, 0.717) is 0 Å². The van der Waals surface area contributed by atoms with Gasteiger partial charge in [-0.05, 0) is 67.0 Å². The molecule has 0 spiro atoms. The van der Waals surface area contributed by atoms with Gasteiger partial charge in [0.05, 0.1) is 11.5 Å². The lowest BCUT2D eigenvalue weighted by Gasteiger charge is -2.12.